The van der Waals surface area contributed by atoms with Gasteiger partial charge in [-0.25, -0.2) is 5.43 Å². The summed E-state index contributed by atoms with van der Waals surface area (Å²) in [6, 6.07) is 13.5. The third-order valence-corrected chi connectivity index (χ3v) is 3.32. The fourth-order valence-electron chi connectivity index (χ4n) is 1.69. The predicted molar refractivity (Wildman–Crippen MR) is 90.3 cm³/mol. The molecule has 2 aromatic rings. The molecule has 0 unspecified atom stereocenters. The van der Waals surface area contributed by atoms with E-state index in [4.69, 9.17) is 0 Å². The number of hydrazone groups is 1. The highest BCUT2D eigenvalue weighted by Crippen LogP contribution is 2.20. The number of rotatable bonds is 5. The Morgan fingerprint density at radius 1 is 1.17 bits per heavy atom. The van der Waals surface area contributed by atoms with E-state index in [0.29, 0.717) is 11.1 Å². The zero-order valence-corrected chi connectivity index (χ0v) is 13.6. The highest BCUT2D eigenvalue weighted by atomic mass is 79.9. The number of halogens is 1. The Bertz CT molecular complexity index is 733. The fourth-order valence-corrected chi connectivity index (χ4v) is 2.04. The number of hydrogen-bond acceptors (Lipinski definition) is 4. The number of hydrogen-bond donors (Lipinski definition) is 3. The van der Waals surface area contributed by atoms with Gasteiger partial charge in [-0.1, -0.05) is 34.1 Å². The van der Waals surface area contributed by atoms with Crippen LogP contribution in [0.5, 0.6) is 5.75 Å². The summed E-state index contributed by atoms with van der Waals surface area (Å²) >= 11 is 3.23. The van der Waals surface area contributed by atoms with Crippen LogP contribution in [0, 0.1) is 0 Å². The van der Waals surface area contributed by atoms with Gasteiger partial charge in [-0.2, -0.15) is 5.10 Å². The van der Waals surface area contributed by atoms with Crippen LogP contribution < -0.4 is 10.7 Å². The van der Waals surface area contributed by atoms with Gasteiger partial charge >= 0.3 is 0 Å². The van der Waals surface area contributed by atoms with Crippen LogP contribution in [-0.4, -0.2) is 29.7 Å². The van der Waals surface area contributed by atoms with Crippen LogP contribution in [0.15, 0.2) is 58.1 Å². The number of phenols is 1. The zero-order valence-electron chi connectivity index (χ0n) is 12.0. The van der Waals surface area contributed by atoms with Crippen molar-refractivity contribution in [3.05, 3.63) is 64.1 Å². The number of nitrogens with one attached hydrogen (secondary N) is 2. The van der Waals surface area contributed by atoms with Crippen molar-refractivity contribution >= 4 is 34.0 Å². The van der Waals surface area contributed by atoms with Crippen LogP contribution in [0.4, 0.5) is 0 Å². The normalized spacial score (nSPS) is 10.5. The van der Waals surface area contributed by atoms with Crippen molar-refractivity contribution in [2.45, 2.75) is 0 Å². The van der Waals surface area contributed by atoms with E-state index < -0.39 is 5.91 Å². The smallest absolute Gasteiger partial charge is 0.259 e. The number of benzene rings is 2. The first kappa shape index (κ1) is 16.7. The van der Waals surface area contributed by atoms with Gasteiger partial charge in [0.05, 0.1) is 12.8 Å². The van der Waals surface area contributed by atoms with Crippen molar-refractivity contribution in [2.24, 2.45) is 5.10 Å². The molecule has 7 heteroatoms. The molecular formula is C16H14BrN3O3. The Kier molecular flexibility index (Phi) is 5.87. The SMILES string of the molecule is O=C(CNC(=O)c1ccccc1)NN=Cc1ccc(Br)cc1O. The van der Waals surface area contributed by atoms with Crippen LogP contribution in [0.1, 0.15) is 15.9 Å². The molecule has 0 saturated carbocycles. The summed E-state index contributed by atoms with van der Waals surface area (Å²) in [5, 5.41) is 15.9. The lowest BCUT2D eigenvalue weighted by Gasteiger charge is -2.04. The van der Waals surface area contributed by atoms with Crippen molar-refractivity contribution < 1.29 is 14.7 Å². The molecule has 0 aromatic heterocycles. The number of carbonyl (C=O) groups excluding carboxylic acids is 2. The molecule has 0 spiro atoms. The second-order valence-electron chi connectivity index (χ2n) is 4.55. The highest BCUT2D eigenvalue weighted by Gasteiger charge is 2.06. The Hall–Kier alpha value is -2.67. The van der Waals surface area contributed by atoms with E-state index in [1.807, 2.05) is 0 Å². The van der Waals surface area contributed by atoms with E-state index in [0.717, 1.165) is 4.47 Å². The van der Waals surface area contributed by atoms with E-state index in [9.17, 15) is 14.7 Å². The summed E-state index contributed by atoms with van der Waals surface area (Å²) in [6.45, 7) is -0.197. The predicted octanol–water partition coefficient (Wildman–Crippen LogP) is 2.03. The van der Waals surface area contributed by atoms with Gasteiger partial charge in [0.25, 0.3) is 11.8 Å². The van der Waals surface area contributed by atoms with Gasteiger partial charge < -0.3 is 10.4 Å². The van der Waals surface area contributed by atoms with Crippen LogP contribution in [-0.2, 0) is 4.79 Å². The molecule has 118 valence electrons. The average molecular weight is 376 g/mol. The number of amides is 2. The lowest BCUT2D eigenvalue weighted by molar-refractivity contribution is -0.120. The first-order valence-electron chi connectivity index (χ1n) is 6.70. The molecule has 0 saturated heterocycles. The van der Waals surface area contributed by atoms with E-state index in [-0.39, 0.29) is 18.2 Å². The Morgan fingerprint density at radius 2 is 1.91 bits per heavy atom. The molecule has 0 aliphatic heterocycles. The molecule has 6 nitrogen and oxygen atoms in total. The third-order valence-electron chi connectivity index (χ3n) is 2.83. The zero-order chi connectivity index (χ0) is 16.7. The minimum absolute atomic E-state index is 0.0368. The second-order valence-corrected chi connectivity index (χ2v) is 5.46. The fraction of sp³-hybridized carbons (Fsp3) is 0.0625. The molecule has 2 amide bonds. The van der Waals surface area contributed by atoms with Crippen LogP contribution >= 0.6 is 15.9 Å². The highest BCUT2D eigenvalue weighted by molar-refractivity contribution is 9.10. The van der Waals surface area contributed by atoms with Crippen molar-refractivity contribution in [2.75, 3.05) is 6.54 Å². The van der Waals surface area contributed by atoms with Crippen molar-refractivity contribution in [3.63, 3.8) is 0 Å². The molecule has 2 rings (SSSR count). The molecule has 0 fully saturated rings. The van der Waals surface area contributed by atoms with Gasteiger partial charge in [0.15, 0.2) is 0 Å². The largest absolute Gasteiger partial charge is 0.507 e. The number of aromatic hydroxyl groups is 1. The average Bonchev–Trinajstić information content (AvgIpc) is 2.55. The van der Waals surface area contributed by atoms with Gasteiger partial charge in [0.2, 0.25) is 0 Å². The molecule has 0 radical (unpaired) electrons. The second kappa shape index (κ2) is 8.09. The summed E-state index contributed by atoms with van der Waals surface area (Å²) in [5.74, 6) is -0.771. The van der Waals surface area contributed by atoms with Gasteiger partial charge in [0, 0.05) is 15.6 Å². The Balaban J connectivity index is 1.81. The molecule has 23 heavy (non-hydrogen) atoms. The lowest BCUT2D eigenvalue weighted by Crippen LogP contribution is -2.34. The molecular weight excluding hydrogens is 362 g/mol. The standard InChI is InChI=1S/C16H14BrN3O3/c17-13-7-6-12(14(21)8-13)9-19-20-15(22)10-18-16(23)11-4-2-1-3-5-11/h1-9,21H,10H2,(H,18,23)(H,20,22). The summed E-state index contributed by atoms with van der Waals surface area (Å²) in [5.41, 5.74) is 3.21. The van der Waals surface area contributed by atoms with Crippen LogP contribution in [0.25, 0.3) is 0 Å². The Morgan fingerprint density at radius 3 is 2.61 bits per heavy atom. The number of nitrogens with zero attached hydrogens (tertiary/aromatic N) is 1. The topological polar surface area (TPSA) is 90.8 Å². The summed E-state index contributed by atoms with van der Waals surface area (Å²) in [6.07, 6.45) is 1.32. The van der Waals surface area contributed by atoms with Gasteiger partial charge in [-0.15, -0.1) is 0 Å². The Labute approximate surface area is 141 Å². The van der Waals surface area contributed by atoms with E-state index in [1.54, 1.807) is 42.5 Å². The quantitative estimate of drug-likeness (QED) is 0.551. The van der Waals surface area contributed by atoms with E-state index in [1.165, 1.54) is 12.3 Å². The summed E-state index contributed by atoms with van der Waals surface area (Å²) in [7, 11) is 0. The van der Waals surface area contributed by atoms with Crippen LogP contribution in [0.3, 0.4) is 0 Å². The molecule has 3 N–H and O–H groups in total. The summed E-state index contributed by atoms with van der Waals surface area (Å²) < 4.78 is 0.736. The number of carbonyl (C=O) groups is 2. The monoisotopic (exact) mass is 375 g/mol. The van der Waals surface area contributed by atoms with Gasteiger partial charge in [-0.05, 0) is 30.3 Å². The lowest BCUT2D eigenvalue weighted by atomic mass is 10.2. The van der Waals surface area contributed by atoms with Crippen molar-refractivity contribution in [1.82, 2.24) is 10.7 Å². The minimum atomic E-state index is -0.470. The first-order chi connectivity index (χ1) is 11.1. The maximum Gasteiger partial charge on any atom is 0.259 e. The van der Waals surface area contributed by atoms with Gasteiger partial charge in [0.1, 0.15) is 5.75 Å². The molecule has 0 bridgehead atoms. The molecule has 0 heterocycles. The van der Waals surface area contributed by atoms with Crippen molar-refractivity contribution in [1.29, 1.82) is 0 Å². The first-order valence-corrected chi connectivity index (χ1v) is 7.49. The van der Waals surface area contributed by atoms with Crippen LogP contribution in [0.2, 0.25) is 0 Å². The molecule has 0 atom stereocenters. The maximum atomic E-state index is 11.8. The molecule has 0 aliphatic rings. The third kappa shape index (κ3) is 5.23. The summed E-state index contributed by atoms with van der Waals surface area (Å²) in [4.78, 5) is 23.4. The molecule has 0 aliphatic carbocycles. The van der Waals surface area contributed by atoms with E-state index in [2.05, 4.69) is 31.8 Å². The van der Waals surface area contributed by atoms with Gasteiger partial charge in [-0.3, -0.25) is 9.59 Å². The number of phenolic OH excluding ortho intramolecular Hbond substituents is 1. The minimum Gasteiger partial charge on any atom is -0.507 e. The van der Waals surface area contributed by atoms with Crippen molar-refractivity contribution in [3.8, 4) is 5.75 Å². The van der Waals surface area contributed by atoms with E-state index >= 15 is 0 Å². The maximum absolute atomic E-state index is 11.8. The molecule has 2 aromatic carbocycles.